The number of carbonyl (C=O) groups excluding carboxylic acids is 3. The van der Waals surface area contributed by atoms with Gasteiger partial charge in [0.2, 0.25) is 11.8 Å². The number of hydrogen-bond donors (Lipinski definition) is 2. The fraction of sp³-hybridized carbons (Fsp3) is 0.516. The van der Waals surface area contributed by atoms with Crippen LogP contribution in [0.1, 0.15) is 88.1 Å². The number of alkyl carbamates (subject to hydrolysis) is 1. The minimum Gasteiger partial charge on any atom is -0.444 e. The van der Waals surface area contributed by atoms with Gasteiger partial charge in [0.25, 0.3) is 0 Å². The minimum atomic E-state index is -0.822. The standard InChI is InChI=1S/C31H45N3O4/c1-7-8-9-10-14-19-34(27(35)22-33-30(37)38-31(4,5)6)28(26-18-17-23(2)24(3)20-26)29(36)32-21-25-15-12-11-13-16-25/h11-13,15-18,20,28H,7-10,14,19,21-22H2,1-6H3,(H,32,36)(H,33,37). The van der Waals surface area contributed by atoms with Gasteiger partial charge in [-0.2, -0.15) is 0 Å². The molecule has 3 amide bonds. The zero-order valence-electron chi connectivity index (χ0n) is 23.9. The summed E-state index contributed by atoms with van der Waals surface area (Å²) in [6.07, 6.45) is 4.39. The fourth-order valence-corrected chi connectivity index (χ4v) is 4.14. The second-order valence-electron chi connectivity index (χ2n) is 10.8. The van der Waals surface area contributed by atoms with Crippen molar-refractivity contribution in [1.82, 2.24) is 15.5 Å². The van der Waals surface area contributed by atoms with Crippen molar-refractivity contribution in [3.63, 3.8) is 0 Å². The van der Waals surface area contributed by atoms with E-state index in [0.717, 1.165) is 54.4 Å². The van der Waals surface area contributed by atoms with Gasteiger partial charge < -0.3 is 20.3 Å². The van der Waals surface area contributed by atoms with Crippen molar-refractivity contribution in [1.29, 1.82) is 0 Å². The number of carbonyl (C=O) groups is 3. The van der Waals surface area contributed by atoms with Gasteiger partial charge in [0.1, 0.15) is 18.2 Å². The molecule has 7 heteroatoms. The molecule has 2 aromatic carbocycles. The van der Waals surface area contributed by atoms with Crippen molar-refractivity contribution >= 4 is 17.9 Å². The fourth-order valence-electron chi connectivity index (χ4n) is 4.14. The largest absolute Gasteiger partial charge is 0.444 e. The van der Waals surface area contributed by atoms with Crippen molar-refractivity contribution in [3.8, 4) is 0 Å². The molecule has 7 nitrogen and oxygen atoms in total. The Hall–Kier alpha value is -3.35. The third kappa shape index (κ3) is 10.6. The summed E-state index contributed by atoms with van der Waals surface area (Å²) in [6.45, 7) is 12.0. The third-order valence-electron chi connectivity index (χ3n) is 6.32. The van der Waals surface area contributed by atoms with Gasteiger partial charge in [0.05, 0.1) is 0 Å². The zero-order chi connectivity index (χ0) is 28.1. The normalized spacial score (nSPS) is 11.9. The van der Waals surface area contributed by atoms with Crippen LogP contribution in [-0.2, 0) is 20.9 Å². The van der Waals surface area contributed by atoms with Crippen LogP contribution in [0, 0.1) is 13.8 Å². The molecular formula is C31H45N3O4. The van der Waals surface area contributed by atoms with E-state index in [4.69, 9.17) is 4.74 Å². The van der Waals surface area contributed by atoms with Gasteiger partial charge in [-0.15, -0.1) is 0 Å². The van der Waals surface area contributed by atoms with E-state index in [0.29, 0.717) is 13.1 Å². The Labute approximate surface area is 228 Å². The highest BCUT2D eigenvalue weighted by atomic mass is 16.6. The quantitative estimate of drug-likeness (QED) is 0.316. The highest BCUT2D eigenvalue weighted by Gasteiger charge is 2.31. The molecule has 2 N–H and O–H groups in total. The molecule has 0 radical (unpaired) electrons. The number of amides is 3. The molecule has 0 fully saturated rings. The lowest BCUT2D eigenvalue weighted by molar-refractivity contribution is -0.140. The predicted octanol–water partition coefficient (Wildman–Crippen LogP) is 5.98. The van der Waals surface area contributed by atoms with E-state index in [1.54, 1.807) is 25.7 Å². The molecule has 0 aliphatic carbocycles. The summed E-state index contributed by atoms with van der Waals surface area (Å²) in [7, 11) is 0. The molecule has 0 aliphatic rings. The highest BCUT2D eigenvalue weighted by Crippen LogP contribution is 2.25. The molecule has 0 spiro atoms. The Bertz CT molecular complexity index is 1050. The number of rotatable bonds is 13. The van der Waals surface area contributed by atoms with Gasteiger partial charge in [-0.25, -0.2) is 4.79 Å². The van der Waals surface area contributed by atoms with Gasteiger partial charge in [-0.05, 0) is 63.3 Å². The lowest BCUT2D eigenvalue weighted by Gasteiger charge is -2.32. The molecule has 0 heterocycles. The lowest BCUT2D eigenvalue weighted by Crippen LogP contribution is -2.48. The van der Waals surface area contributed by atoms with Crippen LogP contribution in [0.25, 0.3) is 0 Å². The molecule has 0 aliphatic heterocycles. The number of nitrogens with zero attached hydrogens (tertiary/aromatic N) is 1. The third-order valence-corrected chi connectivity index (χ3v) is 6.32. The van der Waals surface area contributed by atoms with Crippen LogP contribution >= 0.6 is 0 Å². The molecule has 0 saturated carbocycles. The van der Waals surface area contributed by atoms with Crippen molar-refractivity contribution in [2.45, 2.75) is 91.8 Å². The topological polar surface area (TPSA) is 87.7 Å². The van der Waals surface area contributed by atoms with Gasteiger partial charge in [0.15, 0.2) is 0 Å². The smallest absolute Gasteiger partial charge is 0.408 e. The maximum atomic E-state index is 13.7. The molecular weight excluding hydrogens is 478 g/mol. The van der Waals surface area contributed by atoms with Crippen LogP contribution in [-0.4, -0.2) is 41.5 Å². The Morgan fingerprint density at radius 1 is 0.895 bits per heavy atom. The molecule has 0 saturated heterocycles. The monoisotopic (exact) mass is 523 g/mol. The average Bonchev–Trinajstić information content (AvgIpc) is 2.86. The Morgan fingerprint density at radius 3 is 2.21 bits per heavy atom. The van der Waals surface area contributed by atoms with Crippen LogP contribution < -0.4 is 10.6 Å². The maximum absolute atomic E-state index is 13.7. The van der Waals surface area contributed by atoms with E-state index in [9.17, 15) is 14.4 Å². The Morgan fingerprint density at radius 2 is 1.58 bits per heavy atom. The number of aryl methyl sites for hydroxylation is 2. The van der Waals surface area contributed by atoms with Crippen molar-refractivity contribution in [3.05, 3.63) is 70.8 Å². The van der Waals surface area contributed by atoms with Crippen LogP contribution in [0.15, 0.2) is 48.5 Å². The summed E-state index contributed by atoms with van der Waals surface area (Å²) < 4.78 is 5.30. The number of ether oxygens (including phenoxy) is 1. The van der Waals surface area contributed by atoms with Crippen LogP contribution in [0.3, 0.4) is 0 Å². The van der Waals surface area contributed by atoms with Gasteiger partial charge >= 0.3 is 6.09 Å². The summed E-state index contributed by atoms with van der Waals surface area (Å²) >= 11 is 0. The van der Waals surface area contributed by atoms with Crippen LogP contribution in [0.5, 0.6) is 0 Å². The molecule has 38 heavy (non-hydrogen) atoms. The van der Waals surface area contributed by atoms with Crippen LogP contribution in [0.2, 0.25) is 0 Å². The van der Waals surface area contributed by atoms with Gasteiger partial charge in [-0.1, -0.05) is 81.1 Å². The first-order chi connectivity index (χ1) is 18.0. The predicted molar refractivity (Wildman–Crippen MR) is 152 cm³/mol. The SMILES string of the molecule is CCCCCCCN(C(=O)CNC(=O)OC(C)(C)C)C(C(=O)NCc1ccccc1)c1ccc(C)c(C)c1. The van der Waals surface area contributed by atoms with Crippen molar-refractivity contribution in [2.24, 2.45) is 0 Å². The molecule has 1 atom stereocenters. The summed E-state index contributed by atoms with van der Waals surface area (Å²) in [5.74, 6) is -0.583. The molecule has 2 rings (SSSR count). The number of unbranched alkanes of at least 4 members (excludes halogenated alkanes) is 4. The van der Waals surface area contributed by atoms with E-state index in [1.165, 1.54) is 0 Å². The summed E-state index contributed by atoms with van der Waals surface area (Å²) in [5, 5.41) is 5.60. The first-order valence-corrected chi connectivity index (χ1v) is 13.7. The first-order valence-electron chi connectivity index (χ1n) is 13.7. The van der Waals surface area contributed by atoms with Gasteiger partial charge in [0, 0.05) is 13.1 Å². The van der Waals surface area contributed by atoms with E-state index >= 15 is 0 Å². The number of benzene rings is 2. The summed E-state index contributed by atoms with van der Waals surface area (Å²) in [5.41, 5.74) is 3.21. The number of hydrogen-bond acceptors (Lipinski definition) is 4. The average molecular weight is 524 g/mol. The second kappa shape index (κ2) is 15.2. The highest BCUT2D eigenvalue weighted by molar-refractivity contribution is 5.90. The van der Waals surface area contributed by atoms with E-state index in [1.807, 2.05) is 62.4 Å². The van der Waals surface area contributed by atoms with Crippen LogP contribution in [0.4, 0.5) is 4.79 Å². The van der Waals surface area contributed by atoms with Crippen molar-refractivity contribution < 1.29 is 19.1 Å². The lowest BCUT2D eigenvalue weighted by atomic mass is 9.98. The van der Waals surface area contributed by atoms with Crippen molar-refractivity contribution in [2.75, 3.05) is 13.1 Å². The first kappa shape index (κ1) is 30.9. The zero-order valence-corrected chi connectivity index (χ0v) is 23.9. The summed E-state index contributed by atoms with van der Waals surface area (Å²) in [6, 6.07) is 14.7. The molecule has 0 aromatic heterocycles. The van der Waals surface area contributed by atoms with Gasteiger partial charge in [-0.3, -0.25) is 9.59 Å². The Kier molecular flexibility index (Phi) is 12.3. The molecule has 1 unspecified atom stereocenters. The minimum absolute atomic E-state index is 0.253. The maximum Gasteiger partial charge on any atom is 0.408 e. The molecule has 2 aromatic rings. The van der Waals surface area contributed by atoms with E-state index in [2.05, 4.69) is 17.6 Å². The molecule has 208 valence electrons. The summed E-state index contributed by atoms with van der Waals surface area (Å²) in [4.78, 5) is 41.1. The Balaban J connectivity index is 2.32. The second-order valence-corrected chi connectivity index (χ2v) is 10.8. The number of nitrogens with one attached hydrogen (secondary N) is 2. The molecule has 0 bridgehead atoms. The van der Waals surface area contributed by atoms with E-state index in [-0.39, 0.29) is 18.4 Å². The van der Waals surface area contributed by atoms with E-state index < -0.39 is 17.7 Å².